The van der Waals surface area contributed by atoms with Crippen molar-refractivity contribution in [3.05, 3.63) is 48.0 Å². The number of hydrogen-bond donors (Lipinski definition) is 2. The van der Waals surface area contributed by atoms with E-state index in [9.17, 15) is 9.59 Å². The lowest BCUT2D eigenvalue weighted by Crippen LogP contribution is -2.40. The zero-order valence-corrected chi connectivity index (χ0v) is 16.9. The molecule has 0 bridgehead atoms. The van der Waals surface area contributed by atoms with Crippen molar-refractivity contribution in [1.82, 2.24) is 0 Å². The monoisotopic (exact) mass is 406 g/mol. The minimum atomic E-state index is -0.520. The van der Waals surface area contributed by atoms with E-state index in [1.165, 1.54) is 6.42 Å². The second kappa shape index (κ2) is 7.67. The van der Waals surface area contributed by atoms with Crippen LogP contribution in [0, 0.1) is 5.92 Å². The van der Waals surface area contributed by atoms with Gasteiger partial charge < -0.3 is 20.1 Å². The molecule has 6 heteroatoms. The average Bonchev–Trinajstić information content (AvgIpc) is 3.09. The van der Waals surface area contributed by atoms with Crippen LogP contribution in [0.25, 0.3) is 0 Å². The number of carbonyl (C=O) groups excluding carboxylic acids is 2. The highest BCUT2D eigenvalue weighted by molar-refractivity contribution is 5.96. The summed E-state index contributed by atoms with van der Waals surface area (Å²) < 4.78 is 12.2. The highest BCUT2D eigenvalue weighted by Gasteiger charge is 2.42. The smallest absolute Gasteiger partial charge is 0.251 e. The van der Waals surface area contributed by atoms with Gasteiger partial charge in [-0.1, -0.05) is 24.6 Å². The number of ether oxygens (including phenoxy) is 2. The van der Waals surface area contributed by atoms with Gasteiger partial charge in [0.05, 0.1) is 0 Å². The fourth-order valence-electron chi connectivity index (χ4n) is 4.64. The number of fused-ring (bicyclic) bond motifs is 2. The van der Waals surface area contributed by atoms with E-state index in [1.54, 1.807) is 0 Å². The van der Waals surface area contributed by atoms with Crippen molar-refractivity contribution in [3.8, 4) is 11.5 Å². The highest BCUT2D eigenvalue weighted by Crippen LogP contribution is 2.46. The lowest BCUT2D eigenvalue weighted by Gasteiger charge is -2.31. The molecular weight excluding hydrogens is 380 g/mol. The van der Waals surface area contributed by atoms with Crippen molar-refractivity contribution >= 4 is 23.2 Å². The summed E-state index contributed by atoms with van der Waals surface area (Å²) in [4.78, 5) is 24.8. The van der Waals surface area contributed by atoms with Crippen LogP contribution in [0.4, 0.5) is 11.4 Å². The minimum absolute atomic E-state index is 0.0117. The first-order chi connectivity index (χ1) is 14.6. The van der Waals surface area contributed by atoms with Crippen LogP contribution in [-0.2, 0) is 16.0 Å². The summed E-state index contributed by atoms with van der Waals surface area (Å²) in [7, 11) is 0. The summed E-state index contributed by atoms with van der Waals surface area (Å²) in [6, 6.07) is 13.3. The molecule has 6 nitrogen and oxygen atoms in total. The number of hydrogen-bond acceptors (Lipinski definition) is 4. The summed E-state index contributed by atoms with van der Waals surface area (Å²) in [5.41, 5.74) is 2.68. The van der Waals surface area contributed by atoms with Crippen molar-refractivity contribution in [2.24, 2.45) is 5.92 Å². The molecule has 2 aromatic rings. The molecule has 0 aromatic heterocycles. The number of anilines is 2. The van der Waals surface area contributed by atoms with Crippen molar-refractivity contribution in [1.29, 1.82) is 0 Å². The zero-order chi connectivity index (χ0) is 20.6. The van der Waals surface area contributed by atoms with Crippen LogP contribution in [-0.4, -0.2) is 17.6 Å². The SMILES string of the molecule is O=C(CC[C@@H]1Cc2ccccc2NC1=O)Nc1ccc2c(c1)OC1(CCCCC1)O2. The first-order valence-electron chi connectivity index (χ1n) is 10.8. The molecule has 30 heavy (non-hydrogen) atoms. The van der Waals surface area contributed by atoms with Gasteiger partial charge in [0.1, 0.15) is 0 Å². The normalized spacial score (nSPS) is 21.1. The predicted molar refractivity (Wildman–Crippen MR) is 114 cm³/mol. The van der Waals surface area contributed by atoms with E-state index in [2.05, 4.69) is 10.6 Å². The third-order valence-corrected chi connectivity index (χ3v) is 6.27. The number of carbonyl (C=O) groups is 2. The van der Waals surface area contributed by atoms with Crippen LogP contribution in [0.2, 0.25) is 0 Å². The van der Waals surface area contributed by atoms with E-state index in [0.717, 1.165) is 42.7 Å². The van der Waals surface area contributed by atoms with Gasteiger partial charge in [-0.15, -0.1) is 0 Å². The van der Waals surface area contributed by atoms with Crippen LogP contribution in [0.5, 0.6) is 11.5 Å². The van der Waals surface area contributed by atoms with Gasteiger partial charge in [-0.3, -0.25) is 9.59 Å². The van der Waals surface area contributed by atoms with Gasteiger partial charge in [0.15, 0.2) is 11.5 Å². The fraction of sp³-hybridized carbons (Fsp3) is 0.417. The molecule has 1 spiro atoms. The molecule has 1 saturated carbocycles. The molecule has 156 valence electrons. The highest BCUT2D eigenvalue weighted by atomic mass is 16.7. The standard InChI is InChI=1S/C24H26N2O4/c27-22(11-8-17-14-16-6-2-3-7-19(16)26-23(17)28)25-18-9-10-20-21(15-18)30-24(29-20)12-4-1-5-13-24/h2-3,6-7,9-10,15,17H,1,4-5,8,11-14H2,(H,25,27)(H,26,28)/t17-/m1/s1. The molecule has 2 amide bonds. The van der Waals surface area contributed by atoms with E-state index >= 15 is 0 Å². The third kappa shape index (κ3) is 3.74. The lowest BCUT2D eigenvalue weighted by molar-refractivity contribution is -0.121. The van der Waals surface area contributed by atoms with Crippen molar-refractivity contribution in [3.63, 3.8) is 0 Å². The molecule has 2 heterocycles. The zero-order valence-electron chi connectivity index (χ0n) is 16.9. The van der Waals surface area contributed by atoms with E-state index < -0.39 is 5.79 Å². The Bertz CT molecular complexity index is 981. The van der Waals surface area contributed by atoms with Crippen LogP contribution in [0.15, 0.2) is 42.5 Å². The van der Waals surface area contributed by atoms with Crippen LogP contribution in [0.3, 0.4) is 0 Å². The molecular formula is C24H26N2O4. The third-order valence-electron chi connectivity index (χ3n) is 6.27. The van der Waals surface area contributed by atoms with Gasteiger partial charge in [0, 0.05) is 42.6 Å². The number of amides is 2. The summed E-state index contributed by atoms with van der Waals surface area (Å²) >= 11 is 0. The number of para-hydroxylation sites is 1. The Labute approximate surface area is 176 Å². The quantitative estimate of drug-likeness (QED) is 0.775. The van der Waals surface area contributed by atoms with E-state index in [0.29, 0.717) is 30.7 Å². The topological polar surface area (TPSA) is 76.7 Å². The number of rotatable bonds is 4. The van der Waals surface area contributed by atoms with Crippen molar-refractivity contribution < 1.29 is 19.1 Å². The maximum atomic E-state index is 12.5. The van der Waals surface area contributed by atoms with Gasteiger partial charge >= 0.3 is 0 Å². The molecule has 0 radical (unpaired) electrons. The van der Waals surface area contributed by atoms with Gasteiger partial charge in [0.2, 0.25) is 11.8 Å². The first kappa shape index (κ1) is 19.0. The summed E-state index contributed by atoms with van der Waals surface area (Å²) in [5, 5.41) is 5.87. The van der Waals surface area contributed by atoms with Gasteiger partial charge in [0.25, 0.3) is 5.79 Å². The summed E-state index contributed by atoms with van der Waals surface area (Å²) in [6.07, 6.45) is 6.70. The average molecular weight is 406 g/mol. The molecule has 1 fully saturated rings. The molecule has 3 aliphatic rings. The Morgan fingerprint density at radius 1 is 1.07 bits per heavy atom. The largest absolute Gasteiger partial charge is 0.448 e. The first-order valence-corrected chi connectivity index (χ1v) is 10.8. The molecule has 2 N–H and O–H groups in total. The van der Waals surface area contributed by atoms with Crippen LogP contribution < -0.4 is 20.1 Å². The Hall–Kier alpha value is -3.02. The van der Waals surface area contributed by atoms with Crippen LogP contribution >= 0.6 is 0 Å². The second-order valence-corrected chi connectivity index (χ2v) is 8.47. The lowest BCUT2D eigenvalue weighted by atomic mass is 9.89. The Balaban J connectivity index is 1.17. The minimum Gasteiger partial charge on any atom is -0.448 e. The van der Waals surface area contributed by atoms with E-state index in [1.807, 2.05) is 42.5 Å². The van der Waals surface area contributed by atoms with Crippen molar-refractivity contribution in [2.75, 3.05) is 10.6 Å². The molecule has 2 aromatic carbocycles. The summed E-state index contributed by atoms with van der Waals surface area (Å²) in [6.45, 7) is 0. The molecule has 0 saturated heterocycles. The van der Waals surface area contributed by atoms with Crippen LogP contribution in [0.1, 0.15) is 50.5 Å². The molecule has 1 atom stereocenters. The number of benzene rings is 2. The maximum Gasteiger partial charge on any atom is 0.251 e. The maximum absolute atomic E-state index is 12.5. The fourth-order valence-corrected chi connectivity index (χ4v) is 4.64. The number of nitrogens with one attached hydrogen (secondary N) is 2. The van der Waals surface area contributed by atoms with E-state index in [-0.39, 0.29) is 17.7 Å². The Kier molecular flexibility index (Phi) is 4.85. The molecule has 1 aliphatic carbocycles. The van der Waals surface area contributed by atoms with Gasteiger partial charge in [-0.25, -0.2) is 0 Å². The predicted octanol–water partition coefficient (Wildman–Crippen LogP) is 4.65. The van der Waals surface area contributed by atoms with E-state index in [4.69, 9.17) is 9.47 Å². The molecule has 2 aliphatic heterocycles. The Morgan fingerprint density at radius 3 is 2.73 bits per heavy atom. The van der Waals surface area contributed by atoms with Crippen molar-refractivity contribution in [2.45, 2.75) is 57.2 Å². The van der Waals surface area contributed by atoms with Gasteiger partial charge in [-0.2, -0.15) is 0 Å². The van der Waals surface area contributed by atoms with Gasteiger partial charge in [-0.05, 0) is 49.4 Å². The molecule has 5 rings (SSSR count). The second-order valence-electron chi connectivity index (χ2n) is 8.47. The Morgan fingerprint density at radius 2 is 1.87 bits per heavy atom. The molecule has 0 unspecified atom stereocenters. The summed E-state index contributed by atoms with van der Waals surface area (Å²) in [5.74, 6) is 0.614.